The van der Waals surface area contributed by atoms with Crippen molar-refractivity contribution in [1.29, 1.82) is 5.26 Å². The third-order valence-corrected chi connectivity index (χ3v) is 3.29. The molecule has 1 aliphatic heterocycles. The summed E-state index contributed by atoms with van der Waals surface area (Å²) in [5.74, 6) is 1.58. The summed E-state index contributed by atoms with van der Waals surface area (Å²) in [6.45, 7) is 2.37. The zero-order chi connectivity index (χ0) is 13.9. The Morgan fingerprint density at radius 2 is 1.85 bits per heavy atom. The number of hydrogen-bond donors (Lipinski definition) is 1. The largest absolute Gasteiger partial charge is 0.454 e. The van der Waals surface area contributed by atoms with E-state index in [1.54, 1.807) is 12.1 Å². The Labute approximate surface area is 117 Å². The van der Waals surface area contributed by atoms with Gasteiger partial charge < -0.3 is 14.8 Å². The Morgan fingerprint density at radius 3 is 2.60 bits per heavy atom. The number of benzene rings is 2. The van der Waals surface area contributed by atoms with Gasteiger partial charge in [0.2, 0.25) is 6.79 Å². The average molecular weight is 266 g/mol. The molecule has 20 heavy (non-hydrogen) atoms. The van der Waals surface area contributed by atoms with Crippen LogP contribution in [0.15, 0.2) is 42.5 Å². The Morgan fingerprint density at radius 1 is 1.10 bits per heavy atom. The first-order valence-electron chi connectivity index (χ1n) is 6.42. The summed E-state index contributed by atoms with van der Waals surface area (Å²) in [6.07, 6.45) is 0. The molecule has 100 valence electrons. The quantitative estimate of drug-likeness (QED) is 0.924. The zero-order valence-electron chi connectivity index (χ0n) is 11.1. The van der Waals surface area contributed by atoms with E-state index >= 15 is 0 Å². The van der Waals surface area contributed by atoms with Crippen molar-refractivity contribution in [2.24, 2.45) is 0 Å². The molecule has 1 atom stereocenters. The second-order valence-corrected chi connectivity index (χ2v) is 4.67. The van der Waals surface area contributed by atoms with E-state index in [-0.39, 0.29) is 12.8 Å². The maximum atomic E-state index is 8.78. The van der Waals surface area contributed by atoms with Crippen molar-refractivity contribution in [3.05, 3.63) is 53.6 Å². The van der Waals surface area contributed by atoms with Crippen molar-refractivity contribution in [2.45, 2.75) is 13.0 Å². The van der Waals surface area contributed by atoms with Gasteiger partial charge in [-0.2, -0.15) is 5.26 Å². The van der Waals surface area contributed by atoms with Crippen LogP contribution in [0.3, 0.4) is 0 Å². The van der Waals surface area contributed by atoms with Crippen molar-refractivity contribution in [2.75, 3.05) is 12.1 Å². The van der Waals surface area contributed by atoms with Crippen LogP contribution in [-0.2, 0) is 0 Å². The van der Waals surface area contributed by atoms with Gasteiger partial charge in [-0.1, -0.05) is 6.07 Å². The minimum Gasteiger partial charge on any atom is -0.454 e. The highest BCUT2D eigenvalue weighted by atomic mass is 16.7. The number of nitrogens with zero attached hydrogens (tertiary/aromatic N) is 1. The van der Waals surface area contributed by atoms with Gasteiger partial charge in [-0.15, -0.1) is 0 Å². The van der Waals surface area contributed by atoms with Gasteiger partial charge in [0, 0.05) is 11.7 Å². The number of anilines is 1. The van der Waals surface area contributed by atoms with E-state index in [4.69, 9.17) is 14.7 Å². The number of hydrogen-bond acceptors (Lipinski definition) is 4. The first-order chi connectivity index (χ1) is 9.76. The molecule has 2 aromatic carbocycles. The van der Waals surface area contributed by atoms with Crippen LogP contribution in [0.2, 0.25) is 0 Å². The number of fused-ring (bicyclic) bond motifs is 1. The van der Waals surface area contributed by atoms with E-state index in [0.717, 1.165) is 22.7 Å². The molecule has 0 aliphatic carbocycles. The minimum absolute atomic E-state index is 0.137. The Balaban J connectivity index is 1.75. The van der Waals surface area contributed by atoms with Gasteiger partial charge in [-0.25, -0.2) is 0 Å². The molecule has 0 radical (unpaired) electrons. The number of nitrogens with one attached hydrogen (secondary N) is 1. The molecule has 0 fully saturated rings. The van der Waals surface area contributed by atoms with Crippen molar-refractivity contribution in [3.8, 4) is 17.6 Å². The lowest BCUT2D eigenvalue weighted by Crippen LogP contribution is -2.06. The SMILES string of the molecule is CC(Nc1ccc(C#N)cc1)c1ccc2c(c1)OCO2. The highest BCUT2D eigenvalue weighted by molar-refractivity contribution is 5.51. The summed E-state index contributed by atoms with van der Waals surface area (Å²) < 4.78 is 10.7. The lowest BCUT2D eigenvalue weighted by molar-refractivity contribution is 0.174. The summed E-state index contributed by atoms with van der Waals surface area (Å²) in [7, 11) is 0. The average Bonchev–Trinajstić information content (AvgIpc) is 2.95. The van der Waals surface area contributed by atoms with Gasteiger partial charge in [0.05, 0.1) is 11.6 Å². The smallest absolute Gasteiger partial charge is 0.231 e. The van der Waals surface area contributed by atoms with Crippen LogP contribution in [0.1, 0.15) is 24.1 Å². The van der Waals surface area contributed by atoms with Gasteiger partial charge >= 0.3 is 0 Å². The van der Waals surface area contributed by atoms with Crippen LogP contribution in [-0.4, -0.2) is 6.79 Å². The third kappa shape index (κ3) is 2.39. The molecule has 0 amide bonds. The van der Waals surface area contributed by atoms with Crippen molar-refractivity contribution in [3.63, 3.8) is 0 Å². The molecular weight excluding hydrogens is 252 g/mol. The zero-order valence-corrected chi connectivity index (χ0v) is 11.1. The van der Waals surface area contributed by atoms with E-state index in [2.05, 4.69) is 18.3 Å². The number of nitriles is 1. The van der Waals surface area contributed by atoms with Crippen molar-refractivity contribution >= 4 is 5.69 Å². The molecule has 2 aromatic rings. The van der Waals surface area contributed by atoms with E-state index in [9.17, 15) is 0 Å². The second-order valence-electron chi connectivity index (χ2n) is 4.67. The molecule has 1 unspecified atom stereocenters. The first kappa shape index (κ1) is 12.4. The fraction of sp³-hybridized carbons (Fsp3) is 0.188. The van der Waals surface area contributed by atoms with E-state index in [1.807, 2.05) is 30.3 Å². The molecule has 1 aliphatic rings. The van der Waals surface area contributed by atoms with Crippen LogP contribution in [0, 0.1) is 11.3 Å². The van der Waals surface area contributed by atoms with Gasteiger partial charge in [0.25, 0.3) is 0 Å². The van der Waals surface area contributed by atoms with Crippen LogP contribution < -0.4 is 14.8 Å². The molecule has 0 saturated heterocycles. The molecule has 4 nitrogen and oxygen atoms in total. The monoisotopic (exact) mass is 266 g/mol. The maximum absolute atomic E-state index is 8.78. The highest BCUT2D eigenvalue weighted by Gasteiger charge is 2.15. The van der Waals surface area contributed by atoms with Gasteiger partial charge in [0.1, 0.15) is 0 Å². The Bertz CT molecular complexity index is 659. The molecule has 1 N–H and O–H groups in total. The Kier molecular flexibility index (Phi) is 3.18. The second kappa shape index (κ2) is 5.14. The van der Waals surface area contributed by atoms with Crippen LogP contribution in [0.25, 0.3) is 0 Å². The van der Waals surface area contributed by atoms with Crippen molar-refractivity contribution < 1.29 is 9.47 Å². The van der Waals surface area contributed by atoms with Crippen LogP contribution in [0.4, 0.5) is 5.69 Å². The van der Waals surface area contributed by atoms with E-state index < -0.39 is 0 Å². The van der Waals surface area contributed by atoms with E-state index in [1.165, 1.54) is 0 Å². The summed E-state index contributed by atoms with van der Waals surface area (Å²) in [5, 5.41) is 12.2. The number of rotatable bonds is 3. The molecule has 0 aromatic heterocycles. The minimum atomic E-state index is 0.137. The molecule has 0 bridgehead atoms. The normalized spacial score (nSPS) is 13.6. The fourth-order valence-electron chi connectivity index (χ4n) is 2.16. The topological polar surface area (TPSA) is 54.3 Å². The van der Waals surface area contributed by atoms with Crippen LogP contribution in [0.5, 0.6) is 11.5 Å². The third-order valence-electron chi connectivity index (χ3n) is 3.29. The van der Waals surface area contributed by atoms with E-state index in [0.29, 0.717) is 5.56 Å². The molecule has 4 heteroatoms. The lowest BCUT2D eigenvalue weighted by Gasteiger charge is -2.16. The highest BCUT2D eigenvalue weighted by Crippen LogP contribution is 2.34. The maximum Gasteiger partial charge on any atom is 0.231 e. The summed E-state index contributed by atoms with van der Waals surface area (Å²) in [6, 6.07) is 15.6. The standard InChI is InChI=1S/C16H14N2O2/c1-11(18-14-5-2-12(9-17)3-6-14)13-4-7-15-16(8-13)20-10-19-15/h2-8,11,18H,10H2,1H3. The van der Waals surface area contributed by atoms with Crippen LogP contribution >= 0.6 is 0 Å². The first-order valence-corrected chi connectivity index (χ1v) is 6.42. The van der Waals surface area contributed by atoms with Gasteiger partial charge in [0.15, 0.2) is 11.5 Å². The molecule has 0 saturated carbocycles. The molecule has 1 heterocycles. The summed E-state index contributed by atoms with van der Waals surface area (Å²) in [5.41, 5.74) is 2.76. The molecular formula is C16H14N2O2. The van der Waals surface area contributed by atoms with Gasteiger partial charge in [-0.3, -0.25) is 0 Å². The fourth-order valence-corrected chi connectivity index (χ4v) is 2.16. The Hall–Kier alpha value is -2.67. The molecule has 3 rings (SSSR count). The molecule has 0 spiro atoms. The summed E-state index contributed by atoms with van der Waals surface area (Å²) in [4.78, 5) is 0. The van der Waals surface area contributed by atoms with Gasteiger partial charge in [-0.05, 0) is 48.9 Å². The number of ether oxygens (including phenoxy) is 2. The summed E-state index contributed by atoms with van der Waals surface area (Å²) >= 11 is 0. The predicted molar refractivity (Wildman–Crippen MR) is 75.8 cm³/mol. The van der Waals surface area contributed by atoms with Crippen molar-refractivity contribution in [1.82, 2.24) is 0 Å². The lowest BCUT2D eigenvalue weighted by atomic mass is 10.1. The predicted octanol–water partition coefficient (Wildman–Crippen LogP) is 3.46.